The summed E-state index contributed by atoms with van der Waals surface area (Å²) >= 11 is 0. The first-order valence-electron chi connectivity index (χ1n) is 9.97. The van der Waals surface area contributed by atoms with Crippen LogP contribution in [0.15, 0.2) is 93.3 Å². The van der Waals surface area contributed by atoms with Crippen molar-refractivity contribution in [2.75, 3.05) is 12.4 Å². The number of anilines is 1. The van der Waals surface area contributed by atoms with Crippen LogP contribution in [0.5, 0.6) is 5.75 Å². The normalized spacial score (nSPS) is 11.9. The van der Waals surface area contributed by atoms with Crippen LogP contribution in [0, 0.1) is 6.92 Å². The van der Waals surface area contributed by atoms with Gasteiger partial charge in [0.1, 0.15) is 5.56 Å². The minimum absolute atomic E-state index is 0.0257. The molecule has 0 atom stereocenters. The Morgan fingerprint density at radius 1 is 0.970 bits per heavy atom. The molecular weight excluding hydrogens is 442 g/mol. The number of benzene rings is 3. The first-order chi connectivity index (χ1) is 15.9. The Kier molecular flexibility index (Phi) is 6.14. The molecule has 0 spiro atoms. The van der Waals surface area contributed by atoms with Crippen molar-refractivity contribution >= 4 is 32.6 Å². The lowest BCUT2D eigenvalue weighted by molar-refractivity contribution is 0.102. The number of methoxy groups -OCH3 is 1. The number of carbonyl (C=O) groups excluding carboxylic acids is 1. The van der Waals surface area contributed by atoms with Gasteiger partial charge >= 0.3 is 0 Å². The predicted molar refractivity (Wildman–Crippen MR) is 124 cm³/mol. The van der Waals surface area contributed by atoms with E-state index in [9.17, 15) is 13.2 Å². The van der Waals surface area contributed by atoms with E-state index in [1.165, 1.54) is 19.2 Å². The highest BCUT2D eigenvalue weighted by Crippen LogP contribution is 2.24. The van der Waals surface area contributed by atoms with Gasteiger partial charge in [0.05, 0.1) is 12.0 Å². The number of sulfonamides is 1. The third-order valence-corrected chi connectivity index (χ3v) is 6.06. The maximum Gasteiger partial charge on any atom is 0.276 e. The molecule has 1 heterocycles. The van der Waals surface area contributed by atoms with Crippen LogP contribution in [0.1, 0.15) is 15.9 Å². The Balaban J connectivity index is 1.80. The summed E-state index contributed by atoms with van der Waals surface area (Å²) in [4.78, 5) is 15.2. The quantitative estimate of drug-likeness (QED) is 0.423. The molecule has 1 amide bonds. The molecule has 3 aromatic carbocycles. The van der Waals surface area contributed by atoms with Crippen molar-refractivity contribution in [2.24, 2.45) is 5.10 Å². The van der Waals surface area contributed by atoms with E-state index in [-0.39, 0.29) is 16.0 Å². The molecule has 33 heavy (non-hydrogen) atoms. The number of hydrogen-bond donors (Lipinski definition) is 2. The monoisotopic (exact) mass is 463 g/mol. The Hall–Kier alpha value is -4.11. The number of carbonyl (C=O) groups is 1. The summed E-state index contributed by atoms with van der Waals surface area (Å²) in [5.74, 6) is -0.0923. The van der Waals surface area contributed by atoms with Gasteiger partial charge in [0.15, 0.2) is 11.3 Å². The highest BCUT2D eigenvalue weighted by atomic mass is 32.2. The average Bonchev–Trinajstić information content (AvgIpc) is 2.83. The number of nitrogens with one attached hydrogen (secondary N) is 2. The van der Waals surface area contributed by atoms with Gasteiger partial charge in [-0.15, -0.1) is 5.10 Å². The summed E-state index contributed by atoms with van der Waals surface area (Å²) in [7, 11) is -2.49. The molecule has 8 nitrogen and oxygen atoms in total. The van der Waals surface area contributed by atoms with Crippen molar-refractivity contribution in [3.63, 3.8) is 0 Å². The number of ether oxygens (including phenoxy) is 1. The van der Waals surface area contributed by atoms with Gasteiger partial charge < -0.3 is 14.5 Å². The molecule has 0 aliphatic rings. The van der Waals surface area contributed by atoms with Gasteiger partial charge in [-0.05, 0) is 43.3 Å². The van der Waals surface area contributed by atoms with Crippen LogP contribution in [-0.2, 0) is 10.0 Å². The van der Waals surface area contributed by atoms with Gasteiger partial charge in [0.25, 0.3) is 15.9 Å². The lowest BCUT2D eigenvalue weighted by atomic mass is 10.1. The Morgan fingerprint density at radius 3 is 2.39 bits per heavy atom. The van der Waals surface area contributed by atoms with Crippen LogP contribution in [0.25, 0.3) is 11.0 Å². The highest BCUT2D eigenvalue weighted by molar-refractivity contribution is 7.89. The summed E-state index contributed by atoms with van der Waals surface area (Å²) in [5, 5.41) is 7.31. The van der Waals surface area contributed by atoms with Crippen molar-refractivity contribution in [2.45, 2.75) is 11.8 Å². The maximum absolute atomic E-state index is 13.1. The van der Waals surface area contributed by atoms with E-state index in [1.807, 2.05) is 19.1 Å². The second-order valence-electron chi connectivity index (χ2n) is 7.18. The van der Waals surface area contributed by atoms with Crippen molar-refractivity contribution in [1.29, 1.82) is 0 Å². The van der Waals surface area contributed by atoms with Crippen LogP contribution in [0.4, 0.5) is 5.69 Å². The number of hydrogen-bond acceptors (Lipinski definition) is 6. The largest absolute Gasteiger partial charge is 0.493 e. The van der Waals surface area contributed by atoms with Gasteiger partial charge in [-0.3, -0.25) is 4.79 Å². The van der Waals surface area contributed by atoms with Crippen molar-refractivity contribution in [3.05, 3.63) is 95.5 Å². The fourth-order valence-corrected chi connectivity index (χ4v) is 3.94. The molecule has 4 rings (SSSR count). The van der Waals surface area contributed by atoms with Crippen molar-refractivity contribution in [3.8, 4) is 5.75 Å². The smallest absolute Gasteiger partial charge is 0.276 e. The lowest BCUT2D eigenvalue weighted by Gasteiger charge is -2.09. The van der Waals surface area contributed by atoms with E-state index in [0.717, 1.165) is 5.56 Å². The molecule has 168 valence electrons. The van der Waals surface area contributed by atoms with Gasteiger partial charge in [0, 0.05) is 11.1 Å². The van der Waals surface area contributed by atoms with E-state index < -0.39 is 15.9 Å². The second kappa shape index (κ2) is 9.17. The maximum atomic E-state index is 13.1. The van der Waals surface area contributed by atoms with E-state index in [0.29, 0.717) is 22.4 Å². The van der Waals surface area contributed by atoms with Crippen LogP contribution in [-0.4, -0.2) is 21.4 Å². The third kappa shape index (κ3) is 4.88. The van der Waals surface area contributed by atoms with E-state index in [4.69, 9.17) is 9.15 Å². The lowest BCUT2D eigenvalue weighted by Crippen LogP contribution is -2.27. The molecule has 4 aromatic rings. The molecule has 9 heteroatoms. The summed E-state index contributed by atoms with van der Waals surface area (Å²) in [6.45, 7) is 1.94. The SMILES string of the molecule is COc1cccc2cc(C(=O)Nc3ccc(C)cc3)/c(=N\NS(=O)(=O)c3ccccc3)oc12. The van der Waals surface area contributed by atoms with Crippen LogP contribution >= 0.6 is 0 Å². The molecule has 2 N–H and O–H groups in total. The minimum atomic E-state index is -3.97. The number of fused-ring (bicyclic) bond motifs is 1. The summed E-state index contributed by atoms with van der Waals surface area (Å²) in [6, 6.07) is 21.8. The van der Waals surface area contributed by atoms with E-state index in [1.54, 1.807) is 54.6 Å². The van der Waals surface area contributed by atoms with Crippen LogP contribution < -0.4 is 20.4 Å². The van der Waals surface area contributed by atoms with Crippen molar-refractivity contribution in [1.82, 2.24) is 4.83 Å². The van der Waals surface area contributed by atoms with E-state index >= 15 is 0 Å². The van der Waals surface area contributed by atoms with E-state index in [2.05, 4.69) is 15.2 Å². The van der Waals surface area contributed by atoms with Crippen LogP contribution in [0.3, 0.4) is 0 Å². The van der Waals surface area contributed by atoms with Gasteiger partial charge in [-0.1, -0.05) is 48.0 Å². The summed E-state index contributed by atoms with van der Waals surface area (Å²) < 4.78 is 36.4. The van der Waals surface area contributed by atoms with Gasteiger partial charge in [-0.2, -0.15) is 13.2 Å². The zero-order chi connectivity index (χ0) is 23.4. The number of aryl methyl sites for hydroxylation is 1. The zero-order valence-corrected chi connectivity index (χ0v) is 18.7. The number of rotatable bonds is 6. The van der Waals surface area contributed by atoms with Gasteiger partial charge in [-0.25, -0.2) is 0 Å². The van der Waals surface area contributed by atoms with Crippen LogP contribution in [0.2, 0.25) is 0 Å². The molecule has 1 aromatic heterocycles. The number of amides is 1. The molecule has 0 aliphatic carbocycles. The molecule has 0 aliphatic heterocycles. The minimum Gasteiger partial charge on any atom is -0.493 e. The zero-order valence-electron chi connectivity index (χ0n) is 17.9. The fourth-order valence-electron chi connectivity index (χ4n) is 3.12. The highest BCUT2D eigenvalue weighted by Gasteiger charge is 2.17. The Labute approximate surface area is 190 Å². The number of nitrogens with zero attached hydrogens (tertiary/aromatic N) is 1. The third-order valence-electron chi connectivity index (χ3n) is 4.83. The second-order valence-corrected chi connectivity index (χ2v) is 8.84. The summed E-state index contributed by atoms with van der Waals surface area (Å²) in [6.07, 6.45) is 0. The molecule has 0 fully saturated rings. The molecule has 0 saturated heterocycles. The first kappa shape index (κ1) is 22.1. The summed E-state index contributed by atoms with van der Waals surface area (Å²) in [5.41, 5.74) is 1.78. The first-order valence-corrected chi connectivity index (χ1v) is 11.5. The molecule has 0 unspecified atom stereocenters. The van der Waals surface area contributed by atoms with Gasteiger partial charge in [0.2, 0.25) is 5.55 Å². The molecule has 0 saturated carbocycles. The molecule has 0 bridgehead atoms. The number of para-hydroxylation sites is 1. The molecular formula is C24H21N3O5S. The Morgan fingerprint density at radius 2 is 1.70 bits per heavy atom. The van der Waals surface area contributed by atoms with Crippen molar-refractivity contribution < 1.29 is 22.4 Å². The topological polar surface area (TPSA) is 110 Å². The Bertz CT molecular complexity index is 1480. The fraction of sp³-hybridized carbons (Fsp3) is 0.0833. The predicted octanol–water partition coefficient (Wildman–Crippen LogP) is 3.80. The standard InChI is InChI=1S/C24H21N3O5S/c1-16-11-13-18(14-12-16)25-23(28)20-15-17-7-6-10-21(31-2)22(17)32-24(20)26-27-33(29,30)19-8-4-3-5-9-19/h3-15,27H,1-2H3,(H,25,28)/b26-24+. The average molecular weight is 464 g/mol. The molecule has 0 radical (unpaired) electrons.